The van der Waals surface area contributed by atoms with E-state index in [1.54, 1.807) is 16.6 Å². The molecule has 12 heteroatoms. The fourth-order valence-electron chi connectivity index (χ4n) is 4.42. The highest BCUT2D eigenvalue weighted by molar-refractivity contribution is 7.17. The van der Waals surface area contributed by atoms with Crippen LogP contribution in [0.1, 0.15) is 10.6 Å². The first kappa shape index (κ1) is 25.8. The Balaban J connectivity index is 1.54. The number of nitrogens with two attached hydrogens (primary N) is 1. The molecule has 3 N–H and O–H groups in total. The first-order valence-electron chi connectivity index (χ1n) is 12.1. The Bertz CT molecular complexity index is 1490. The lowest BCUT2D eigenvalue weighted by molar-refractivity contribution is 0.0322. The van der Waals surface area contributed by atoms with Gasteiger partial charge in [0.1, 0.15) is 41.1 Å². The summed E-state index contributed by atoms with van der Waals surface area (Å²) in [6, 6.07) is 8.36. The normalized spacial score (nSPS) is 14.7. The third-order valence-corrected chi connectivity index (χ3v) is 7.37. The van der Waals surface area contributed by atoms with Gasteiger partial charge in [-0.15, -0.1) is 11.3 Å². The number of ether oxygens (including phenoxy) is 3. The number of halogens is 1. The van der Waals surface area contributed by atoms with Crippen molar-refractivity contribution in [3.8, 4) is 33.3 Å². The SMILES string of the molecule is COc1cccc(F)c1-c1nc(-c2c(C)nn3ccc(OCCN4CCOCC4)cc23)sc1C(N)=NC=N. The van der Waals surface area contributed by atoms with Gasteiger partial charge in [-0.3, -0.25) is 10.3 Å². The van der Waals surface area contributed by atoms with Crippen LogP contribution in [-0.4, -0.2) is 78.2 Å². The van der Waals surface area contributed by atoms with Crippen molar-refractivity contribution in [2.24, 2.45) is 10.7 Å². The van der Waals surface area contributed by atoms with E-state index in [0.29, 0.717) is 33.7 Å². The number of hydrogen-bond acceptors (Lipinski definition) is 8. The molecule has 0 spiro atoms. The van der Waals surface area contributed by atoms with E-state index in [-0.39, 0.29) is 11.4 Å². The number of rotatable bonds is 9. The van der Waals surface area contributed by atoms with Crippen LogP contribution in [0.3, 0.4) is 0 Å². The van der Waals surface area contributed by atoms with Crippen molar-refractivity contribution >= 4 is 29.0 Å². The lowest BCUT2D eigenvalue weighted by Crippen LogP contribution is -2.38. The molecule has 3 aromatic heterocycles. The summed E-state index contributed by atoms with van der Waals surface area (Å²) in [5, 5.41) is 12.6. The minimum absolute atomic E-state index is 0.0605. The van der Waals surface area contributed by atoms with Crippen molar-refractivity contribution in [3.63, 3.8) is 0 Å². The summed E-state index contributed by atoms with van der Waals surface area (Å²) >= 11 is 1.25. The zero-order valence-electron chi connectivity index (χ0n) is 21.1. The number of aromatic nitrogens is 3. The Morgan fingerprint density at radius 2 is 2.11 bits per heavy atom. The number of hydrogen-bond donors (Lipinski definition) is 2. The second kappa shape index (κ2) is 11.3. The van der Waals surface area contributed by atoms with Crippen molar-refractivity contribution in [2.75, 3.05) is 46.6 Å². The Morgan fingerprint density at radius 3 is 2.87 bits per heavy atom. The van der Waals surface area contributed by atoms with Gasteiger partial charge < -0.3 is 19.9 Å². The van der Waals surface area contributed by atoms with Crippen LogP contribution in [-0.2, 0) is 4.74 Å². The third kappa shape index (κ3) is 5.10. The molecule has 4 heterocycles. The van der Waals surface area contributed by atoms with Crippen LogP contribution in [0.25, 0.3) is 27.3 Å². The minimum atomic E-state index is -0.502. The van der Waals surface area contributed by atoms with E-state index < -0.39 is 5.82 Å². The van der Waals surface area contributed by atoms with Crippen LogP contribution >= 0.6 is 11.3 Å². The van der Waals surface area contributed by atoms with Crippen molar-refractivity contribution in [1.29, 1.82) is 5.41 Å². The fourth-order valence-corrected chi connectivity index (χ4v) is 5.50. The summed E-state index contributed by atoms with van der Waals surface area (Å²) in [6.07, 6.45) is 2.69. The number of nitrogens with one attached hydrogen (secondary N) is 1. The molecule has 1 fully saturated rings. The van der Waals surface area contributed by atoms with Gasteiger partial charge in [0.25, 0.3) is 0 Å². The van der Waals surface area contributed by atoms with Crippen molar-refractivity contribution < 1.29 is 18.6 Å². The Labute approximate surface area is 223 Å². The molecule has 4 aromatic rings. The number of aliphatic imine (C=N–C) groups is 1. The maximum absolute atomic E-state index is 15.1. The van der Waals surface area contributed by atoms with Crippen molar-refractivity contribution in [2.45, 2.75) is 6.92 Å². The van der Waals surface area contributed by atoms with Crippen LogP contribution in [0.2, 0.25) is 0 Å². The molecule has 10 nitrogen and oxygen atoms in total. The van der Waals surface area contributed by atoms with E-state index in [0.717, 1.165) is 56.0 Å². The van der Waals surface area contributed by atoms with Gasteiger partial charge in [0.15, 0.2) is 0 Å². The van der Waals surface area contributed by atoms with E-state index in [1.807, 2.05) is 25.3 Å². The summed E-state index contributed by atoms with van der Waals surface area (Å²) < 4.78 is 33.7. The number of pyridine rings is 1. The van der Waals surface area contributed by atoms with E-state index in [9.17, 15) is 0 Å². The Hall–Kier alpha value is -3.87. The smallest absolute Gasteiger partial charge is 0.144 e. The Kier molecular flexibility index (Phi) is 7.63. The van der Waals surface area contributed by atoms with Crippen LogP contribution < -0.4 is 15.2 Å². The number of fused-ring (bicyclic) bond motifs is 1. The molecule has 0 unspecified atom stereocenters. The minimum Gasteiger partial charge on any atom is -0.496 e. The molecule has 1 aromatic carbocycles. The second-order valence-electron chi connectivity index (χ2n) is 8.61. The average molecular weight is 538 g/mol. The standard InChI is InChI=1S/C26H28FN7O3S/c1-16-21(19-14-17(6-7-34(19)32-16)37-13-10-33-8-11-36-12-9-33)26-31-23(24(38-26)25(29)30-15-28)22-18(27)4-3-5-20(22)35-2/h3-7,14-15H,8-13H2,1-2H3,(H3,28,29,30). The number of benzene rings is 1. The van der Waals surface area contributed by atoms with E-state index in [2.05, 4.69) is 15.0 Å². The highest BCUT2D eigenvalue weighted by Crippen LogP contribution is 2.41. The number of aryl methyl sites for hydroxylation is 1. The van der Waals surface area contributed by atoms with Gasteiger partial charge in [0.05, 0.1) is 53.2 Å². The van der Waals surface area contributed by atoms with Gasteiger partial charge in [-0.05, 0) is 25.1 Å². The van der Waals surface area contributed by atoms with Crippen molar-refractivity contribution in [3.05, 3.63) is 52.9 Å². The van der Waals surface area contributed by atoms with Gasteiger partial charge in [0.2, 0.25) is 0 Å². The lowest BCUT2D eigenvalue weighted by atomic mass is 10.1. The number of amidine groups is 1. The molecular formula is C26H28FN7O3S. The average Bonchev–Trinajstić information content (AvgIpc) is 3.49. The van der Waals surface area contributed by atoms with E-state index in [1.165, 1.54) is 24.5 Å². The number of thiazole rings is 1. The largest absolute Gasteiger partial charge is 0.496 e. The molecule has 1 aliphatic heterocycles. The number of morpholine rings is 1. The molecule has 38 heavy (non-hydrogen) atoms. The summed E-state index contributed by atoms with van der Waals surface area (Å²) in [6.45, 7) is 6.55. The van der Waals surface area contributed by atoms with E-state index in [4.69, 9.17) is 30.3 Å². The molecule has 1 saturated heterocycles. The van der Waals surface area contributed by atoms with Gasteiger partial charge in [-0.1, -0.05) is 6.07 Å². The number of methoxy groups -OCH3 is 1. The number of nitrogens with zero attached hydrogens (tertiary/aromatic N) is 5. The summed E-state index contributed by atoms with van der Waals surface area (Å²) in [5.74, 6) is 0.589. The van der Waals surface area contributed by atoms with Gasteiger partial charge in [-0.2, -0.15) is 5.10 Å². The summed E-state index contributed by atoms with van der Waals surface area (Å²) in [4.78, 5) is 11.5. The highest BCUT2D eigenvalue weighted by Gasteiger charge is 2.25. The van der Waals surface area contributed by atoms with Gasteiger partial charge in [-0.25, -0.2) is 18.9 Å². The van der Waals surface area contributed by atoms with Crippen LogP contribution in [0.5, 0.6) is 11.5 Å². The molecular weight excluding hydrogens is 509 g/mol. The molecule has 0 bridgehead atoms. The second-order valence-corrected chi connectivity index (χ2v) is 9.61. The molecule has 0 aliphatic carbocycles. The van der Waals surface area contributed by atoms with Crippen LogP contribution in [0.4, 0.5) is 4.39 Å². The third-order valence-electron chi connectivity index (χ3n) is 6.27. The Morgan fingerprint density at radius 1 is 1.29 bits per heavy atom. The van der Waals surface area contributed by atoms with Gasteiger partial charge >= 0.3 is 0 Å². The molecule has 0 saturated carbocycles. The summed E-state index contributed by atoms with van der Waals surface area (Å²) in [5.41, 5.74) is 8.98. The first-order valence-corrected chi connectivity index (χ1v) is 12.9. The molecule has 5 rings (SSSR count). The monoisotopic (exact) mass is 537 g/mol. The van der Waals surface area contributed by atoms with Crippen LogP contribution in [0.15, 0.2) is 41.5 Å². The maximum atomic E-state index is 15.1. The zero-order valence-corrected chi connectivity index (χ0v) is 21.9. The molecule has 0 amide bonds. The molecule has 0 atom stereocenters. The predicted octanol–water partition coefficient (Wildman–Crippen LogP) is 3.60. The zero-order chi connectivity index (χ0) is 26.6. The van der Waals surface area contributed by atoms with Gasteiger partial charge in [0, 0.05) is 31.9 Å². The quantitative estimate of drug-likeness (QED) is 0.247. The fraction of sp³-hybridized carbons (Fsp3) is 0.308. The van der Waals surface area contributed by atoms with Crippen LogP contribution in [0, 0.1) is 18.2 Å². The van der Waals surface area contributed by atoms with E-state index >= 15 is 4.39 Å². The highest BCUT2D eigenvalue weighted by atomic mass is 32.1. The maximum Gasteiger partial charge on any atom is 0.144 e. The summed E-state index contributed by atoms with van der Waals surface area (Å²) in [7, 11) is 1.47. The molecule has 1 aliphatic rings. The molecule has 0 radical (unpaired) electrons. The van der Waals surface area contributed by atoms with Crippen molar-refractivity contribution in [1.82, 2.24) is 19.5 Å². The molecule has 198 valence electrons. The lowest BCUT2D eigenvalue weighted by Gasteiger charge is -2.26. The first-order chi connectivity index (χ1) is 18.5. The predicted molar refractivity (Wildman–Crippen MR) is 145 cm³/mol. The topological polar surface area (TPSA) is 123 Å².